The van der Waals surface area contributed by atoms with E-state index in [-0.39, 0.29) is 5.41 Å². The zero-order valence-corrected chi connectivity index (χ0v) is 18.7. The van der Waals surface area contributed by atoms with E-state index in [2.05, 4.69) is 29.2 Å². The van der Waals surface area contributed by atoms with Crippen LogP contribution in [0.2, 0.25) is 5.02 Å². The molecule has 0 spiro atoms. The molecule has 3 aromatic rings. The summed E-state index contributed by atoms with van der Waals surface area (Å²) in [5, 5.41) is 0.665. The quantitative estimate of drug-likeness (QED) is 0.380. The van der Waals surface area contributed by atoms with Crippen LogP contribution >= 0.6 is 11.6 Å². The molecule has 0 aliphatic carbocycles. The van der Waals surface area contributed by atoms with Gasteiger partial charge in [-0.25, -0.2) is 4.79 Å². The molecule has 0 saturated carbocycles. The fourth-order valence-electron chi connectivity index (χ4n) is 3.33. The maximum atomic E-state index is 12.2. The Morgan fingerprint density at radius 2 is 1.66 bits per heavy atom. The smallest absolute Gasteiger partial charge is 0.326 e. The van der Waals surface area contributed by atoms with Gasteiger partial charge in [-0.3, -0.25) is 9.68 Å². The standard InChI is InChI=1S/C25H25ClN2O4/c1-25(2,15-17-8-9-20(16-27)22(26)14-17)21-12-10-19(11-13-21)24(30)31-32-28-23(29)18-6-4-3-5-7-18/h3-14H,15-16,27H2,1-2H3,(H,28,29). The number of nitrogens with one attached hydrogen (secondary N) is 1. The van der Waals surface area contributed by atoms with E-state index in [0.717, 1.165) is 23.1 Å². The maximum Gasteiger partial charge on any atom is 0.375 e. The molecule has 3 rings (SSSR count). The molecular weight excluding hydrogens is 428 g/mol. The Balaban J connectivity index is 1.57. The average Bonchev–Trinajstić information content (AvgIpc) is 2.79. The van der Waals surface area contributed by atoms with Gasteiger partial charge in [0.1, 0.15) is 0 Å². The van der Waals surface area contributed by atoms with E-state index in [1.807, 2.05) is 30.3 Å². The van der Waals surface area contributed by atoms with Gasteiger partial charge in [-0.05, 0) is 58.9 Å². The first-order chi connectivity index (χ1) is 15.3. The summed E-state index contributed by atoms with van der Waals surface area (Å²) in [6.45, 7) is 4.64. The monoisotopic (exact) mass is 452 g/mol. The first kappa shape index (κ1) is 23.5. The SMILES string of the molecule is CC(C)(Cc1ccc(CN)c(Cl)c1)c1ccc(C(=O)OONC(=O)c2ccccc2)cc1. The molecule has 0 aliphatic rings. The van der Waals surface area contributed by atoms with Crippen molar-refractivity contribution < 1.29 is 19.5 Å². The molecule has 6 nitrogen and oxygen atoms in total. The zero-order valence-electron chi connectivity index (χ0n) is 17.9. The van der Waals surface area contributed by atoms with Crippen LogP contribution in [-0.2, 0) is 28.3 Å². The average molecular weight is 453 g/mol. The Kier molecular flexibility index (Phi) is 7.64. The molecule has 0 unspecified atom stereocenters. The maximum absolute atomic E-state index is 12.2. The van der Waals surface area contributed by atoms with Crippen LogP contribution in [-0.4, -0.2) is 11.9 Å². The normalized spacial score (nSPS) is 11.1. The number of amides is 1. The molecule has 0 heterocycles. The summed E-state index contributed by atoms with van der Waals surface area (Å²) < 4.78 is 0. The molecule has 0 aromatic heterocycles. The van der Waals surface area contributed by atoms with Gasteiger partial charge < -0.3 is 5.73 Å². The predicted molar refractivity (Wildman–Crippen MR) is 123 cm³/mol. The Hall–Kier alpha value is -3.19. The number of carbonyl (C=O) groups is 2. The summed E-state index contributed by atoms with van der Waals surface area (Å²) in [6, 6.07) is 21.4. The number of rotatable bonds is 8. The molecule has 1 amide bonds. The summed E-state index contributed by atoms with van der Waals surface area (Å²) in [4.78, 5) is 33.4. The Labute approximate surface area is 192 Å². The van der Waals surface area contributed by atoms with Crippen LogP contribution in [0.5, 0.6) is 0 Å². The minimum atomic E-state index is -0.716. The summed E-state index contributed by atoms with van der Waals surface area (Å²) in [7, 11) is 0. The number of halogens is 1. The second-order valence-electron chi connectivity index (χ2n) is 8.02. The lowest BCUT2D eigenvalue weighted by molar-refractivity contribution is -0.273. The molecule has 0 saturated heterocycles. The number of nitrogens with two attached hydrogens (primary N) is 1. The predicted octanol–water partition coefficient (Wildman–Crippen LogP) is 4.75. The highest BCUT2D eigenvalue weighted by molar-refractivity contribution is 6.31. The van der Waals surface area contributed by atoms with Crippen LogP contribution in [0, 0.1) is 0 Å². The van der Waals surface area contributed by atoms with Crippen LogP contribution in [0.25, 0.3) is 0 Å². The molecule has 166 valence electrons. The summed E-state index contributed by atoms with van der Waals surface area (Å²) in [5.41, 5.74) is 11.3. The van der Waals surface area contributed by atoms with E-state index in [4.69, 9.17) is 17.3 Å². The Morgan fingerprint density at radius 1 is 0.969 bits per heavy atom. The van der Waals surface area contributed by atoms with Crippen molar-refractivity contribution in [2.24, 2.45) is 5.73 Å². The van der Waals surface area contributed by atoms with E-state index < -0.39 is 11.9 Å². The summed E-state index contributed by atoms with van der Waals surface area (Å²) >= 11 is 6.29. The van der Waals surface area contributed by atoms with Gasteiger partial charge in [-0.15, -0.1) is 0 Å². The van der Waals surface area contributed by atoms with Crippen LogP contribution in [0.1, 0.15) is 51.3 Å². The second-order valence-corrected chi connectivity index (χ2v) is 8.43. The number of carbonyl (C=O) groups excluding carboxylic acids is 2. The van der Waals surface area contributed by atoms with E-state index in [0.29, 0.717) is 22.7 Å². The van der Waals surface area contributed by atoms with Crippen molar-refractivity contribution in [3.05, 3.63) is 106 Å². The number of hydrogen-bond donors (Lipinski definition) is 2. The van der Waals surface area contributed by atoms with Crippen molar-refractivity contribution in [2.45, 2.75) is 32.2 Å². The van der Waals surface area contributed by atoms with Crippen LogP contribution in [0.3, 0.4) is 0 Å². The lowest BCUT2D eigenvalue weighted by Crippen LogP contribution is -2.25. The van der Waals surface area contributed by atoms with Gasteiger partial charge >= 0.3 is 5.97 Å². The van der Waals surface area contributed by atoms with E-state index in [1.54, 1.807) is 42.5 Å². The Bertz CT molecular complexity index is 1080. The van der Waals surface area contributed by atoms with Gasteiger partial charge in [0.25, 0.3) is 5.91 Å². The van der Waals surface area contributed by atoms with Crippen molar-refractivity contribution in [2.75, 3.05) is 0 Å². The topological polar surface area (TPSA) is 90.7 Å². The highest BCUT2D eigenvalue weighted by Crippen LogP contribution is 2.29. The summed E-state index contributed by atoms with van der Waals surface area (Å²) in [6.07, 6.45) is 0.760. The van der Waals surface area contributed by atoms with Gasteiger partial charge in [0.2, 0.25) is 0 Å². The second kappa shape index (κ2) is 10.4. The summed E-state index contributed by atoms with van der Waals surface area (Å²) in [5.74, 6) is -1.23. The lowest BCUT2D eigenvalue weighted by Gasteiger charge is -2.26. The highest BCUT2D eigenvalue weighted by atomic mass is 35.5. The molecule has 0 radical (unpaired) electrons. The molecule has 0 aliphatic heterocycles. The van der Waals surface area contributed by atoms with Crippen molar-refractivity contribution in [1.29, 1.82) is 0 Å². The molecule has 0 atom stereocenters. The first-order valence-electron chi connectivity index (χ1n) is 10.1. The van der Waals surface area contributed by atoms with Crippen LogP contribution in [0.4, 0.5) is 0 Å². The third-order valence-corrected chi connectivity index (χ3v) is 5.53. The minimum absolute atomic E-state index is 0.198. The third-order valence-electron chi connectivity index (χ3n) is 5.17. The highest BCUT2D eigenvalue weighted by Gasteiger charge is 2.22. The minimum Gasteiger partial charge on any atom is -0.326 e. The van der Waals surface area contributed by atoms with Crippen molar-refractivity contribution in [1.82, 2.24) is 5.48 Å². The zero-order chi connectivity index (χ0) is 23.1. The number of hydrogen-bond acceptors (Lipinski definition) is 5. The van der Waals surface area contributed by atoms with Crippen molar-refractivity contribution >= 4 is 23.5 Å². The van der Waals surface area contributed by atoms with E-state index >= 15 is 0 Å². The van der Waals surface area contributed by atoms with Crippen molar-refractivity contribution in [3.63, 3.8) is 0 Å². The number of hydroxylamine groups is 1. The van der Waals surface area contributed by atoms with Crippen LogP contribution < -0.4 is 11.2 Å². The first-order valence-corrected chi connectivity index (χ1v) is 10.5. The van der Waals surface area contributed by atoms with Crippen LogP contribution in [0.15, 0.2) is 72.8 Å². The van der Waals surface area contributed by atoms with Gasteiger partial charge in [0, 0.05) is 17.1 Å². The molecule has 3 N–H and O–H groups in total. The fraction of sp³-hybridized carbons (Fsp3) is 0.200. The molecule has 7 heteroatoms. The molecule has 32 heavy (non-hydrogen) atoms. The number of benzene rings is 3. The largest absolute Gasteiger partial charge is 0.375 e. The third kappa shape index (κ3) is 5.95. The fourth-order valence-corrected chi connectivity index (χ4v) is 3.61. The van der Waals surface area contributed by atoms with Gasteiger partial charge in [-0.2, -0.15) is 5.48 Å². The van der Waals surface area contributed by atoms with Gasteiger partial charge in [-0.1, -0.05) is 72.9 Å². The molecule has 0 fully saturated rings. The molecule has 3 aromatic carbocycles. The van der Waals surface area contributed by atoms with Gasteiger partial charge in [0.05, 0.1) is 5.56 Å². The van der Waals surface area contributed by atoms with Gasteiger partial charge in [0.15, 0.2) is 0 Å². The molecule has 0 bridgehead atoms. The Morgan fingerprint density at radius 3 is 2.28 bits per heavy atom. The van der Waals surface area contributed by atoms with Crippen molar-refractivity contribution in [3.8, 4) is 0 Å². The van der Waals surface area contributed by atoms with E-state index in [9.17, 15) is 9.59 Å². The molecular formula is C25H25ClN2O4. The lowest BCUT2D eigenvalue weighted by atomic mass is 9.79. The van der Waals surface area contributed by atoms with E-state index in [1.165, 1.54) is 0 Å².